The number of piperazine rings is 1. The van der Waals surface area contributed by atoms with Crippen LogP contribution in [0.5, 0.6) is 0 Å². The molecule has 0 bridgehead atoms. The normalized spacial score (nSPS) is 23.2. The molecule has 1 atom stereocenters. The Balaban J connectivity index is 1.73. The standard InChI is InChI=1S/C16H25N5O4S/c1-18-6-2-3-13(12-18)19-7-9-20(10-8-19)15-5-4-14(26(17,24)25)11-16(15)21(22)23/h4-5,11,13H,2-3,6-10,12H2,1H3,(H2,17,24,25). The second kappa shape index (κ2) is 7.47. The van der Waals surface area contributed by atoms with Gasteiger partial charge >= 0.3 is 0 Å². The lowest BCUT2D eigenvalue weighted by Gasteiger charge is -2.43. The van der Waals surface area contributed by atoms with E-state index >= 15 is 0 Å². The lowest BCUT2D eigenvalue weighted by molar-refractivity contribution is -0.384. The first-order chi connectivity index (χ1) is 12.3. The molecule has 2 aliphatic rings. The monoisotopic (exact) mass is 383 g/mol. The Morgan fingerprint density at radius 3 is 2.46 bits per heavy atom. The maximum Gasteiger partial charge on any atom is 0.293 e. The topological polar surface area (TPSA) is 113 Å². The molecule has 2 saturated heterocycles. The SMILES string of the molecule is CN1CCCC(N2CCN(c3ccc(S(N)(=O)=O)cc3[N+](=O)[O-])CC2)C1. The molecule has 26 heavy (non-hydrogen) atoms. The Bertz CT molecular complexity index is 777. The lowest BCUT2D eigenvalue weighted by Crippen LogP contribution is -2.54. The van der Waals surface area contributed by atoms with Crippen LogP contribution < -0.4 is 10.0 Å². The van der Waals surface area contributed by atoms with Gasteiger partial charge in [-0.2, -0.15) is 0 Å². The molecule has 1 aromatic rings. The van der Waals surface area contributed by atoms with Crippen LogP contribution in [0.3, 0.4) is 0 Å². The predicted octanol–water partition coefficient (Wildman–Crippen LogP) is 0.458. The van der Waals surface area contributed by atoms with E-state index in [9.17, 15) is 18.5 Å². The largest absolute Gasteiger partial charge is 0.363 e. The van der Waals surface area contributed by atoms with Crippen molar-refractivity contribution in [3.05, 3.63) is 28.3 Å². The molecule has 10 heteroatoms. The number of likely N-dealkylation sites (tertiary alicyclic amines) is 1. The summed E-state index contributed by atoms with van der Waals surface area (Å²) in [7, 11) is -1.83. The van der Waals surface area contributed by atoms with Crippen LogP contribution in [0.15, 0.2) is 23.1 Å². The minimum atomic E-state index is -3.97. The second-order valence-electron chi connectivity index (χ2n) is 7.03. The summed E-state index contributed by atoms with van der Waals surface area (Å²) in [4.78, 5) is 17.4. The van der Waals surface area contributed by atoms with Gasteiger partial charge in [0.15, 0.2) is 0 Å². The number of sulfonamides is 1. The van der Waals surface area contributed by atoms with Gasteiger partial charge in [-0.1, -0.05) is 0 Å². The molecule has 1 aromatic carbocycles. The van der Waals surface area contributed by atoms with E-state index in [1.54, 1.807) is 0 Å². The average Bonchev–Trinajstić information content (AvgIpc) is 2.60. The first-order valence-electron chi connectivity index (χ1n) is 8.74. The summed E-state index contributed by atoms with van der Waals surface area (Å²) < 4.78 is 22.9. The third kappa shape index (κ3) is 4.14. The lowest BCUT2D eigenvalue weighted by atomic mass is 10.0. The van der Waals surface area contributed by atoms with Gasteiger partial charge in [0, 0.05) is 44.8 Å². The van der Waals surface area contributed by atoms with Crippen molar-refractivity contribution in [2.45, 2.75) is 23.8 Å². The van der Waals surface area contributed by atoms with Gasteiger partial charge in [-0.15, -0.1) is 0 Å². The zero-order chi connectivity index (χ0) is 18.9. The predicted molar refractivity (Wildman–Crippen MR) is 98.8 cm³/mol. The summed E-state index contributed by atoms with van der Waals surface area (Å²) in [6.07, 6.45) is 2.38. The number of nitro groups is 1. The van der Waals surface area contributed by atoms with E-state index in [1.807, 2.05) is 4.90 Å². The molecule has 2 aliphatic heterocycles. The zero-order valence-electron chi connectivity index (χ0n) is 14.9. The Morgan fingerprint density at radius 1 is 1.19 bits per heavy atom. The summed E-state index contributed by atoms with van der Waals surface area (Å²) >= 11 is 0. The average molecular weight is 383 g/mol. The molecule has 2 fully saturated rings. The van der Waals surface area contributed by atoms with Crippen molar-refractivity contribution in [3.63, 3.8) is 0 Å². The van der Waals surface area contributed by atoms with Gasteiger partial charge in [-0.3, -0.25) is 15.0 Å². The highest BCUT2D eigenvalue weighted by atomic mass is 32.2. The van der Waals surface area contributed by atoms with Crippen molar-refractivity contribution >= 4 is 21.4 Å². The number of nitrogens with zero attached hydrogens (tertiary/aromatic N) is 4. The van der Waals surface area contributed by atoms with E-state index in [4.69, 9.17) is 5.14 Å². The fourth-order valence-electron chi connectivity index (χ4n) is 3.86. The van der Waals surface area contributed by atoms with Crippen molar-refractivity contribution in [2.75, 3.05) is 51.2 Å². The molecule has 0 aliphatic carbocycles. The molecule has 0 radical (unpaired) electrons. The van der Waals surface area contributed by atoms with Crippen LogP contribution in [0.25, 0.3) is 0 Å². The minimum Gasteiger partial charge on any atom is -0.363 e. The number of rotatable bonds is 4. The van der Waals surface area contributed by atoms with Crippen molar-refractivity contribution in [1.29, 1.82) is 0 Å². The Morgan fingerprint density at radius 2 is 1.88 bits per heavy atom. The molecule has 0 saturated carbocycles. The van der Waals surface area contributed by atoms with Crippen LogP contribution in [-0.2, 0) is 10.0 Å². The number of nitro benzene ring substituents is 1. The fraction of sp³-hybridized carbons (Fsp3) is 0.625. The number of piperidine rings is 1. The molecule has 0 aromatic heterocycles. The summed E-state index contributed by atoms with van der Waals surface area (Å²) in [6, 6.07) is 4.41. The van der Waals surface area contributed by atoms with Crippen LogP contribution in [0.2, 0.25) is 0 Å². The fourth-order valence-corrected chi connectivity index (χ4v) is 4.39. The molecular formula is C16H25N5O4S. The van der Waals surface area contributed by atoms with E-state index in [0.29, 0.717) is 24.8 Å². The van der Waals surface area contributed by atoms with Gasteiger partial charge in [0.25, 0.3) is 5.69 Å². The Labute approximate surface area is 153 Å². The highest BCUT2D eigenvalue weighted by molar-refractivity contribution is 7.89. The number of hydrogen-bond donors (Lipinski definition) is 1. The smallest absolute Gasteiger partial charge is 0.293 e. The summed E-state index contributed by atoms with van der Waals surface area (Å²) in [5.74, 6) is 0. The van der Waals surface area contributed by atoms with Gasteiger partial charge in [-0.05, 0) is 38.6 Å². The quantitative estimate of drug-likeness (QED) is 0.593. The van der Waals surface area contributed by atoms with Gasteiger partial charge in [0.05, 0.1) is 9.82 Å². The van der Waals surface area contributed by atoms with E-state index in [-0.39, 0.29) is 10.6 Å². The first-order valence-corrected chi connectivity index (χ1v) is 10.3. The summed E-state index contributed by atoms with van der Waals surface area (Å²) in [6.45, 7) is 5.23. The van der Waals surface area contributed by atoms with Crippen molar-refractivity contribution in [1.82, 2.24) is 9.80 Å². The van der Waals surface area contributed by atoms with E-state index in [1.165, 1.54) is 25.0 Å². The van der Waals surface area contributed by atoms with Crippen LogP contribution in [0.1, 0.15) is 12.8 Å². The van der Waals surface area contributed by atoms with Gasteiger partial charge < -0.3 is 9.80 Å². The van der Waals surface area contributed by atoms with Crippen LogP contribution >= 0.6 is 0 Å². The second-order valence-corrected chi connectivity index (χ2v) is 8.60. The zero-order valence-corrected chi connectivity index (χ0v) is 15.7. The highest BCUT2D eigenvalue weighted by Gasteiger charge is 2.29. The van der Waals surface area contributed by atoms with E-state index in [0.717, 1.165) is 32.2 Å². The van der Waals surface area contributed by atoms with Crippen LogP contribution in [-0.4, -0.2) is 75.5 Å². The first kappa shape index (κ1) is 19.0. The van der Waals surface area contributed by atoms with E-state index in [2.05, 4.69) is 16.8 Å². The number of nitrogens with two attached hydrogens (primary N) is 1. The molecular weight excluding hydrogens is 358 g/mol. The van der Waals surface area contributed by atoms with E-state index < -0.39 is 14.9 Å². The summed E-state index contributed by atoms with van der Waals surface area (Å²) in [5, 5.41) is 16.5. The van der Waals surface area contributed by atoms with Crippen molar-refractivity contribution < 1.29 is 13.3 Å². The third-order valence-corrected chi connectivity index (χ3v) is 6.15. The molecule has 144 valence electrons. The van der Waals surface area contributed by atoms with Crippen molar-refractivity contribution in [2.24, 2.45) is 5.14 Å². The minimum absolute atomic E-state index is 0.220. The number of hydrogen-bond acceptors (Lipinski definition) is 7. The molecule has 3 rings (SSSR count). The molecule has 0 spiro atoms. The Hall–Kier alpha value is -1.75. The van der Waals surface area contributed by atoms with Gasteiger partial charge in [-0.25, -0.2) is 13.6 Å². The molecule has 1 unspecified atom stereocenters. The number of primary sulfonamides is 1. The number of likely N-dealkylation sites (N-methyl/N-ethyl adjacent to an activating group) is 1. The highest BCUT2D eigenvalue weighted by Crippen LogP contribution is 2.31. The molecule has 9 nitrogen and oxygen atoms in total. The van der Waals surface area contributed by atoms with Gasteiger partial charge in [0.1, 0.15) is 5.69 Å². The number of anilines is 1. The molecule has 2 N–H and O–H groups in total. The maximum absolute atomic E-state index is 11.5. The summed E-state index contributed by atoms with van der Waals surface area (Å²) in [5.41, 5.74) is 0.227. The van der Waals surface area contributed by atoms with Crippen LogP contribution in [0.4, 0.5) is 11.4 Å². The van der Waals surface area contributed by atoms with Gasteiger partial charge in [0.2, 0.25) is 10.0 Å². The number of benzene rings is 1. The molecule has 0 amide bonds. The Kier molecular flexibility index (Phi) is 5.47. The van der Waals surface area contributed by atoms with Crippen LogP contribution in [0, 0.1) is 10.1 Å². The maximum atomic E-state index is 11.5. The van der Waals surface area contributed by atoms with Crippen molar-refractivity contribution in [3.8, 4) is 0 Å². The third-order valence-electron chi connectivity index (χ3n) is 5.24. The molecule has 2 heterocycles.